The lowest BCUT2D eigenvalue weighted by Gasteiger charge is -2.16. The first-order chi connectivity index (χ1) is 14.2. The highest BCUT2D eigenvalue weighted by atomic mass is 15.2. The SMILES string of the molecule is Cc1cc(C[C@@H](C)n2cnc(-c3ccccc3)c2-c2cnn3cccnc23)n[nH]1. The van der Waals surface area contributed by atoms with Crippen LogP contribution in [0.4, 0.5) is 0 Å². The Morgan fingerprint density at radius 3 is 2.76 bits per heavy atom. The van der Waals surface area contributed by atoms with E-state index in [2.05, 4.69) is 50.0 Å². The summed E-state index contributed by atoms with van der Waals surface area (Å²) in [5, 5.41) is 11.9. The molecular weight excluding hydrogens is 362 g/mol. The number of hydrogen-bond donors (Lipinski definition) is 1. The van der Waals surface area contributed by atoms with Gasteiger partial charge < -0.3 is 4.57 Å². The molecule has 0 spiro atoms. The molecule has 7 nitrogen and oxygen atoms in total. The lowest BCUT2D eigenvalue weighted by Crippen LogP contribution is -2.09. The first-order valence-corrected chi connectivity index (χ1v) is 9.62. The minimum Gasteiger partial charge on any atom is -0.327 e. The Balaban J connectivity index is 1.66. The van der Waals surface area contributed by atoms with Crippen LogP contribution in [0, 0.1) is 6.92 Å². The Bertz CT molecular complexity index is 1260. The Labute approximate surface area is 168 Å². The molecule has 5 rings (SSSR count). The second kappa shape index (κ2) is 7.01. The third kappa shape index (κ3) is 3.10. The molecular formula is C22H21N7. The first kappa shape index (κ1) is 17.4. The van der Waals surface area contributed by atoms with Crippen LogP contribution in [0.15, 0.2) is 67.4 Å². The number of imidazole rings is 1. The minimum atomic E-state index is 0.163. The standard InChI is InChI=1S/C22H21N7/c1-15-11-18(27-26-15)12-16(2)28-14-24-20(17-7-4-3-5-8-17)21(28)19-13-25-29-10-6-9-23-22(19)29/h3-11,13-14,16H,12H2,1-2H3,(H,26,27)/t16-/m1/s1. The number of benzene rings is 1. The predicted molar refractivity (Wildman–Crippen MR) is 111 cm³/mol. The third-order valence-electron chi connectivity index (χ3n) is 5.11. The summed E-state index contributed by atoms with van der Waals surface area (Å²) in [7, 11) is 0. The van der Waals surface area contributed by atoms with E-state index < -0.39 is 0 Å². The summed E-state index contributed by atoms with van der Waals surface area (Å²) in [5.41, 5.74) is 6.89. The summed E-state index contributed by atoms with van der Waals surface area (Å²) >= 11 is 0. The monoisotopic (exact) mass is 383 g/mol. The average molecular weight is 383 g/mol. The maximum absolute atomic E-state index is 4.79. The number of aryl methyl sites for hydroxylation is 1. The van der Waals surface area contributed by atoms with E-state index in [1.54, 1.807) is 10.7 Å². The van der Waals surface area contributed by atoms with Gasteiger partial charge in [-0.25, -0.2) is 14.5 Å². The molecule has 0 aliphatic rings. The summed E-state index contributed by atoms with van der Waals surface area (Å²) < 4.78 is 4.00. The van der Waals surface area contributed by atoms with Crippen molar-refractivity contribution in [2.75, 3.05) is 0 Å². The number of aromatic amines is 1. The average Bonchev–Trinajstić information content (AvgIpc) is 3.46. The van der Waals surface area contributed by atoms with Crippen molar-refractivity contribution < 1.29 is 0 Å². The third-order valence-corrected chi connectivity index (χ3v) is 5.11. The van der Waals surface area contributed by atoms with Gasteiger partial charge in [-0.05, 0) is 26.0 Å². The molecule has 144 valence electrons. The molecule has 0 aliphatic carbocycles. The molecule has 0 bridgehead atoms. The fraction of sp³-hybridized carbons (Fsp3) is 0.182. The van der Waals surface area contributed by atoms with Crippen LogP contribution in [0.3, 0.4) is 0 Å². The fourth-order valence-corrected chi connectivity index (χ4v) is 3.74. The van der Waals surface area contributed by atoms with Crippen molar-refractivity contribution in [2.45, 2.75) is 26.3 Å². The Kier molecular flexibility index (Phi) is 4.20. The minimum absolute atomic E-state index is 0.163. The smallest absolute Gasteiger partial charge is 0.164 e. The second-order valence-corrected chi connectivity index (χ2v) is 7.26. The van der Waals surface area contributed by atoms with Gasteiger partial charge in [0.1, 0.15) is 0 Å². The van der Waals surface area contributed by atoms with Gasteiger partial charge in [0.25, 0.3) is 0 Å². The Hall–Kier alpha value is -3.74. The van der Waals surface area contributed by atoms with Gasteiger partial charge in [-0.3, -0.25) is 5.10 Å². The molecule has 1 aromatic carbocycles. The van der Waals surface area contributed by atoms with Crippen molar-refractivity contribution in [1.82, 2.24) is 34.3 Å². The van der Waals surface area contributed by atoms with Crippen molar-refractivity contribution in [3.8, 4) is 22.5 Å². The predicted octanol–water partition coefficient (Wildman–Crippen LogP) is 4.10. The van der Waals surface area contributed by atoms with Gasteiger partial charge in [0.15, 0.2) is 5.65 Å². The van der Waals surface area contributed by atoms with Gasteiger partial charge in [-0.2, -0.15) is 10.2 Å². The summed E-state index contributed by atoms with van der Waals surface area (Å²) in [6.07, 6.45) is 8.28. The maximum Gasteiger partial charge on any atom is 0.164 e. The zero-order valence-corrected chi connectivity index (χ0v) is 16.3. The van der Waals surface area contributed by atoms with E-state index in [1.165, 1.54) is 0 Å². The van der Waals surface area contributed by atoms with Crippen molar-refractivity contribution in [3.63, 3.8) is 0 Å². The van der Waals surface area contributed by atoms with Crippen molar-refractivity contribution in [2.24, 2.45) is 0 Å². The van der Waals surface area contributed by atoms with Gasteiger partial charge in [0.2, 0.25) is 0 Å². The molecule has 0 aliphatic heterocycles. The van der Waals surface area contributed by atoms with Crippen LogP contribution in [-0.2, 0) is 6.42 Å². The highest BCUT2D eigenvalue weighted by molar-refractivity contribution is 5.85. The van der Waals surface area contributed by atoms with Gasteiger partial charge in [-0.1, -0.05) is 30.3 Å². The molecule has 0 radical (unpaired) electrons. The van der Waals surface area contributed by atoms with E-state index in [0.29, 0.717) is 0 Å². The molecule has 7 heteroatoms. The van der Waals surface area contributed by atoms with Gasteiger partial charge in [0.05, 0.1) is 35.2 Å². The molecule has 5 aromatic rings. The molecule has 0 saturated carbocycles. The quantitative estimate of drug-likeness (QED) is 0.496. The molecule has 0 amide bonds. The molecule has 0 saturated heterocycles. The molecule has 4 heterocycles. The lowest BCUT2D eigenvalue weighted by atomic mass is 10.1. The summed E-state index contributed by atoms with van der Waals surface area (Å²) in [5.74, 6) is 0. The number of nitrogens with zero attached hydrogens (tertiary/aromatic N) is 6. The fourth-order valence-electron chi connectivity index (χ4n) is 3.74. The van der Waals surface area contributed by atoms with Gasteiger partial charge >= 0.3 is 0 Å². The molecule has 29 heavy (non-hydrogen) atoms. The van der Waals surface area contributed by atoms with Gasteiger partial charge in [0, 0.05) is 36.1 Å². The number of H-pyrrole nitrogens is 1. The van der Waals surface area contributed by atoms with Crippen LogP contribution in [0.1, 0.15) is 24.4 Å². The Morgan fingerprint density at radius 2 is 1.97 bits per heavy atom. The summed E-state index contributed by atoms with van der Waals surface area (Å²) in [4.78, 5) is 9.35. The molecule has 4 aromatic heterocycles. The second-order valence-electron chi connectivity index (χ2n) is 7.26. The van der Waals surface area contributed by atoms with Crippen LogP contribution < -0.4 is 0 Å². The zero-order valence-electron chi connectivity index (χ0n) is 16.3. The van der Waals surface area contributed by atoms with Crippen LogP contribution >= 0.6 is 0 Å². The van der Waals surface area contributed by atoms with E-state index in [0.717, 1.165) is 46.0 Å². The van der Waals surface area contributed by atoms with Crippen LogP contribution in [0.2, 0.25) is 0 Å². The molecule has 1 N–H and O–H groups in total. The summed E-state index contributed by atoms with van der Waals surface area (Å²) in [6.45, 7) is 4.20. The normalized spacial score (nSPS) is 12.5. The van der Waals surface area contributed by atoms with Crippen LogP contribution in [-0.4, -0.2) is 34.3 Å². The van der Waals surface area contributed by atoms with E-state index in [9.17, 15) is 0 Å². The molecule has 0 fully saturated rings. The highest BCUT2D eigenvalue weighted by Crippen LogP contribution is 2.35. The van der Waals surface area contributed by atoms with Crippen molar-refractivity contribution >= 4 is 5.65 Å². The maximum atomic E-state index is 4.79. The number of fused-ring (bicyclic) bond motifs is 1. The van der Waals surface area contributed by atoms with E-state index in [-0.39, 0.29) is 6.04 Å². The lowest BCUT2D eigenvalue weighted by molar-refractivity contribution is 0.542. The zero-order chi connectivity index (χ0) is 19.8. The largest absolute Gasteiger partial charge is 0.327 e. The Morgan fingerprint density at radius 1 is 1.10 bits per heavy atom. The van der Waals surface area contributed by atoms with E-state index in [1.807, 2.05) is 49.9 Å². The van der Waals surface area contributed by atoms with E-state index >= 15 is 0 Å². The topological polar surface area (TPSA) is 76.7 Å². The molecule has 0 unspecified atom stereocenters. The number of nitrogens with one attached hydrogen (secondary N) is 1. The number of hydrogen-bond acceptors (Lipinski definition) is 4. The van der Waals surface area contributed by atoms with Gasteiger partial charge in [-0.15, -0.1) is 0 Å². The number of aromatic nitrogens is 7. The first-order valence-electron chi connectivity index (χ1n) is 9.62. The summed E-state index contributed by atoms with van der Waals surface area (Å²) in [6, 6.07) is 14.4. The highest BCUT2D eigenvalue weighted by Gasteiger charge is 2.22. The van der Waals surface area contributed by atoms with Crippen molar-refractivity contribution in [3.05, 3.63) is 78.8 Å². The van der Waals surface area contributed by atoms with Crippen LogP contribution in [0.25, 0.3) is 28.2 Å². The van der Waals surface area contributed by atoms with E-state index in [4.69, 9.17) is 4.98 Å². The van der Waals surface area contributed by atoms with Crippen LogP contribution in [0.5, 0.6) is 0 Å². The number of rotatable bonds is 5. The van der Waals surface area contributed by atoms with Crippen molar-refractivity contribution in [1.29, 1.82) is 0 Å². The molecule has 1 atom stereocenters.